The van der Waals surface area contributed by atoms with E-state index in [1.54, 1.807) is 0 Å². The van der Waals surface area contributed by atoms with Crippen LogP contribution in [0, 0.1) is 13.8 Å². The van der Waals surface area contributed by atoms with Crippen molar-refractivity contribution in [2.45, 2.75) is 39.2 Å². The molecule has 1 aromatic carbocycles. The average molecular weight is 175 g/mol. The van der Waals surface area contributed by atoms with Gasteiger partial charge in [0.15, 0.2) is 0 Å². The van der Waals surface area contributed by atoms with Crippen LogP contribution >= 0.6 is 0 Å². The molecular weight excluding hydrogens is 158 g/mol. The van der Waals surface area contributed by atoms with E-state index in [1.165, 1.54) is 36.1 Å². The lowest BCUT2D eigenvalue weighted by Crippen LogP contribution is -2.26. The van der Waals surface area contributed by atoms with Crippen molar-refractivity contribution < 1.29 is 0 Å². The van der Waals surface area contributed by atoms with Crippen LogP contribution in [0.25, 0.3) is 0 Å². The lowest BCUT2D eigenvalue weighted by Gasteiger charge is -2.27. The smallest absolute Gasteiger partial charge is 0.0347 e. The van der Waals surface area contributed by atoms with E-state index < -0.39 is 0 Å². The van der Waals surface area contributed by atoms with Gasteiger partial charge in [-0.25, -0.2) is 0 Å². The Balaban J connectivity index is 2.10. The molecule has 13 heavy (non-hydrogen) atoms. The Kier molecular flexibility index (Phi) is 2.26. The molecule has 0 aliphatic heterocycles. The highest BCUT2D eigenvalue weighted by Crippen LogP contribution is 2.24. The van der Waals surface area contributed by atoms with Crippen molar-refractivity contribution in [1.82, 2.24) is 0 Å². The molecule has 1 heteroatoms. The molecule has 0 saturated heterocycles. The minimum Gasteiger partial charge on any atom is -0.382 e. The highest BCUT2D eigenvalue weighted by atomic mass is 14.9. The summed E-state index contributed by atoms with van der Waals surface area (Å²) in [6, 6.07) is 7.41. The summed E-state index contributed by atoms with van der Waals surface area (Å²) in [5, 5.41) is 3.56. The third kappa shape index (κ3) is 2.03. The molecule has 2 rings (SSSR count). The van der Waals surface area contributed by atoms with E-state index in [-0.39, 0.29) is 0 Å². The van der Waals surface area contributed by atoms with Crippen LogP contribution < -0.4 is 5.32 Å². The predicted octanol–water partition coefficient (Wildman–Crippen LogP) is 3.27. The van der Waals surface area contributed by atoms with E-state index in [1.807, 2.05) is 0 Å². The van der Waals surface area contributed by atoms with Crippen molar-refractivity contribution in [3.8, 4) is 0 Å². The van der Waals surface area contributed by atoms with Gasteiger partial charge in [0.2, 0.25) is 0 Å². The molecule has 1 nitrogen and oxygen atoms in total. The molecule has 1 fully saturated rings. The second kappa shape index (κ2) is 3.41. The summed E-state index contributed by atoms with van der Waals surface area (Å²) in [6.07, 6.45) is 4.07. The molecule has 0 atom stereocenters. The first-order valence-electron chi connectivity index (χ1n) is 5.09. The maximum absolute atomic E-state index is 3.56. The van der Waals surface area contributed by atoms with E-state index in [0.29, 0.717) is 0 Å². The molecule has 0 spiro atoms. The van der Waals surface area contributed by atoms with E-state index in [9.17, 15) is 0 Å². The minimum atomic E-state index is 0.737. The Morgan fingerprint density at radius 2 is 1.69 bits per heavy atom. The maximum atomic E-state index is 3.56. The van der Waals surface area contributed by atoms with Crippen molar-refractivity contribution in [2.24, 2.45) is 0 Å². The Bertz CT molecular complexity index is 280. The van der Waals surface area contributed by atoms with Crippen LogP contribution in [0.5, 0.6) is 0 Å². The number of aryl methyl sites for hydroxylation is 2. The number of hydrogen-bond donors (Lipinski definition) is 1. The molecule has 1 aromatic rings. The second-order valence-electron chi connectivity index (χ2n) is 4.15. The fraction of sp³-hybridized carbons (Fsp3) is 0.500. The summed E-state index contributed by atoms with van der Waals surface area (Å²) in [7, 11) is 0. The molecule has 0 bridgehead atoms. The lowest BCUT2D eigenvalue weighted by molar-refractivity contribution is 0.445. The summed E-state index contributed by atoms with van der Waals surface area (Å²) >= 11 is 0. The molecule has 0 heterocycles. The van der Waals surface area contributed by atoms with Gasteiger partial charge in [0.25, 0.3) is 0 Å². The molecule has 1 saturated carbocycles. The highest BCUT2D eigenvalue weighted by molar-refractivity contribution is 5.49. The topological polar surface area (TPSA) is 12.0 Å². The van der Waals surface area contributed by atoms with Gasteiger partial charge >= 0.3 is 0 Å². The largest absolute Gasteiger partial charge is 0.382 e. The number of benzene rings is 1. The van der Waals surface area contributed by atoms with Gasteiger partial charge in [0, 0.05) is 11.7 Å². The van der Waals surface area contributed by atoms with Crippen LogP contribution in [-0.2, 0) is 0 Å². The zero-order chi connectivity index (χ0) is 9.26. The number of rotatable bonds is 2. The molecule has 70 valence electrons. The van der Waals surface area contributed by atoms with Crippen molar-refractivity contribution >= 4 is 5.69 Å². The van der Waals surface area contributed by atoms with Crippen LogP contribution in [0.1, 0.15) is 30.4 Å². The summed E-state index contributed by atoms with van der Waals surface area (Å²) in [6.45, 7) is 4.30. The zero-order valence-corrected chi connectivity index (χ0v) is 8.43. The van der Waals surface area contributed by atoms with Crippen molar-refractivity contribution in [1.29, 1.82) is 0 Å². The first kappa shape index (κ1) is 8.61. The molecule has 1 N–H and O–H groups in total. The summed E-state index contributed by atoms with van der Waals surface area (Å²) < 4.78 is 0. The summed E-state index contributed by atoms with van der Waals surface area (Å²) in [4.78, 5) is 0. The predicted molar refractivity (Wildman–Crippen MR) is 57.2 cm³/mol. The van der Waals surface area contributed by atoms with E-state index in [2.05, 4.69) is 37.4 Å². The molecule has 1 aliphatic carbocycles. The first-order valence-corrected chi connectivity index (χ1v) is 5.09. The van der Waals surface area contributed by atoms with Gasteiger partial charge in [-0.1, -0.05) is 6.07 Å². The van der Waals surface area contributed by atoms with E-state index >= 15 is 0 Å². The van der Waals surface area contributed by atoms with Crippen LogP contribution in [0.3, 0.4) is 0 Å². The van der Waals surface area contributed by atoms with Gasteiger partial charge in [-0.05, 0) is 56.4 Å². The third-order valence-corrected chi connectivity index (χ3v) is 2.70. The average Bonchev–Trinajstić information content (AvgIpc) is 1.95. The molecule has 0 unspecified atom stereocenters. The van der Waals surface area contributed by atoms with Gasteiger partial charge in [-0.3, -0.25) is 0 Å². The molecule has 0 aromatic heterocycles. The number of nitrogens with one attached hydrogen (secondary N) is 1. The quantitative estimate of drug-likeness (QED) is 0.727. The fourth-order valence-corrected chi connectivity index (χ4v) is 1.85. The summed E-state index contributed by atoms with van der Waals surface area (Å²) in [5.41, 5.74) is 3.99. The molecule has 0 amide bonds. The Labute approximate surface area is 80.2 Å². The van der Waals surface area contributed by atoms with Crippen LogP contribution in [-0.4, -0.2) is 6.04 Å². The Hall–Kier alpha value is -0.980. The SMILES string of the molecule is Cc1cc(C)cc(NC2CCC2)c1. The molecular formula is C12H17N. The summed E-state index contributed by atoms with van der Waals surface area (Å²) in [5.74, 6) is 0. The maximum Gasteiger partial charge on any atom is 0.0347 e. The number of anilines is 1. The number of hydrogen-bond acceptors (Lipinski definition) is 1. The second-order valence-corrected chi connectivity index (χ2v) is 4.15. The van der Waals surface area contributed by atoms with Gasteiger partial charge in [-0.15, -0.1) is 0 Å². The Morgan fingerprint density at radius 3 is 2.15 bits per heavy atom. The molecule has 0 radical (unpaired) electrons. The third-order valence-electron chi connectivity index (χ3n) is 2.70. The fourth-order valence-electron chi connectivity index (χ4n) is 1.85. The molecule has 1 aliphatic rings. The van der Waals surface area contributed by atoms with Gasteiger partial charge in [-0.2, -0.15) is 0 Å². The van der Waals surface area contributed by atoms with Crippen LogP contribution in [0.2, 0.25) is 0 Å². The van der Waals surface area contributed by atoms with Crippen molar-refractivity contribution in [3.63, 3.8) is 0 Å². The zero-order valence-electron chi connectivity index (χ0n) is 8.43. The van der Waals surface area contributed by atoms with E-state index in [0.717, 1.165) is 6.04 Å². The first-order chi connectivity index (χ1) is 6.24. The monoisotopic (exact) mass is 175 g/mol. The normalized spacial score (nSPS) is 16.8. The van der Waals surface area contributed by atoms with Gasteiger partial charge in [0.1, 0.15) is 0 Å². The van der Waals surface area contributed by atoms with E-state index in [4.69, 9.17) is 0 Å². The van der Waals surface area contributed by atoms with Crippen LogP contribution in [0.4, 0.5) is 5.69 Å². The Morgan fingerprint density at radius 1 is 1.08 bits per heavy atom. The van der Waals surface area contributed by atoms with Crippen molar-refractivity contribution in [2.75, 3.05) is 5.32 Å². The minimum absolute atomic E-state index is 0.737. The standard InChI is InChI=1S/C12H17N/c1-9-6-10(2)8-12(7-9)13-11-4-3-5-11/h6-8,11,13H,3-5H2,1-2H3. The van der Waals surface area contributed by atoms with Crippen LogP contribution in [0.15, 0.2) is 18.2 Å². The van der Waals surface area contributed by atoms with Crippen molar-refractivity contribution in [3.05, 3.63) is 29.3 Å². The van der Waals surface area contributed by atoms with Gasteiger partial charge < -0.3 is 5.32 Å². The lowest BCUT2D eigenvalue weighted by atomic mass is 9.93. The van der Waals surface area contributed by atoms with Gasteiger partial charge in [0.05, 0.1) is 0 Å². The highest BCUT2D eigenvalue weighted by Gasteiger charge is 2.16.